The number of anilines is 1. The van der Waals surface area contributed by atoms with E-state index in [-0.39, 0.29) is 11.7 Å². The Bertz CT molecular complexity index is 649. The molecule has 1 amide bonds. The van der Waals surface area contributed by atoms with Gasteiger partial charge in [-0.1, -0.05) is 6.92 Å². The van der Waals surface area contributed by atoms with Crippen molar-refractivity contribution in [1.82, 2.24) is 0 Å². The fourth-order valence-electron chi connectivity index (χ4n) is 3.97. The minimum Gasteiger partial charge on any atom is -0.484 e. The molecule has 144 valence electrons. The van der Waals surface area contributed by atoms with Crippen LogP contribution >= 0.6 is 0 Å². The molecule has 0 bridgehead atoms. The fraction of sp³-hybridized carbons (Fsp3) is 0.632. The highest BCUT2D eigenvalue weighted by molar-refractivity contribution is 6.00. The molecule has 26 heavy (non-hydrogen) atoms. The normalized spacial score (nSPS) is 29.4. The number of rotatable bonds is 4. The van der Waals surface area contributed by atoms with Crippen molar-refractivity contribution in [2.24, 2.45) is 5.41 Å². The number of nitrogens with zero attached hydrogens (tertiary/aromatic N) is 1. The first-order valence-corrected chi connectivity index (χ1v) is 9.00. The van der Waals surface area contributed by atoms with Crippen molar-refractivity contribution in [3.05, 3.63) is 24.3 Å². The summed E-state index contributed by atoms with van der Waals surface area (Å²) in [7, 11) is 0. The summed E-state index contributed by atoms with van der Waals surface area (Å²) in [5, 5.41) is 10.4. The van der Waals surface area contributed by atoms with E-state index in [1.165, 1.54) is 12.1 Å². The van der Waals surface area contributed by atoms with Crippen molar-refractivity contribution < 1.29 is 27.8 Å². The lowest BCUT2D eigenvalue weighted by Crippen LogP contribution is -2.43. The predicted molar refractivity (Wildman–Crippen MR) is 91.1 cm³/mol. The summed E-state index contributed by atoms with van der Waals surface area (Å²) in [5.74, 6) is 0.178. The van der Waals surface area contributed by atoms with Gasteiger partial charge in [-0.2, -0.15) is 13.2 Å². The van der Waals surface area contributed by atoms with Gasteiger partial charge in [-0.3, -0.25) is 4.79 Å². The molecule has 1 N–H and O–H groups in total. The number of hydrogen-bond acceptors (Lipinski definition) is 3. The molecule has 1 spiro atoms. The van der Waals surface area contributed by atoms with E-state index in [9.17, 15) is 23.1 Å². The van der Waals surface area contributed by atoms with Crippen LogP contribution in [0.3, 0.4) is 0 Å². The smallest absolute Gasteiger partial charge is 0.422 e. The average molecular weight is 371 g/mol. The van der Waals surface area contributed by atoms with E-state index < -0.39 is 23.8 Å². The second kappa shape index (κ2) is 6.76. The number of aliphatic hydroxyl groups is 1. The van der Waals surface area contributed by atoms with Gasteiger partial charge < -0.3 is 14.7 Å². The molecular formula is C19H24F3NO3. The zero-order valence-corrected chi connectivity index (χ0v) is 14.8. The lowest BCUT2D eigenvalue weighted by Gasteiger charge is -2.40. The van der Waals surface area contributed by atoms with E-state index in [2.05, 4.69) is 0 Å². The number of benzene rings is 1. The van der Waals surface area contributed by atoms with Gasteiger partial charge in [0, 0.05) is 12.2 Å². The molecule has 1 heterocycles. The van der Waals surface area contributed by atoms with Crippen LogP contribution in [0, 0.1) is 5.41 Å². The van der Waals surface area contributed by atoms with Crippen LogP contribution in [0.5, 0.6) is 5.75 Å². The summed E-state index contributed by atoms with van der Waals surface area (Å²) in [4.78, 5) is 14.7. The highest BCUT2D eigenvalue weighted by atomic mass is 19.4. The third-order valence-corrected chi connectivity index (χ3v) is 5.86. The minimum atomic E-state index is -4.38. The van der Waals surface area contributed by atoms with Crippen molar-refractivity contribution in [3.8, 4) is 5.75 Å². The van der Waals surface area contributed by atoms with Gasteiger partial charge in [0.1, 0.15) is 5.75 Å². The zero-order chi connectivity index (χ0) is 19.0. The van der Waals surface area contributed by atoms with Crippen molar-refractivity contribution in [2.75, 3.05) is 18.1 Å². The largest absolute Gasteiger partial charge is 0.484 e. The van der Waals surface area contributed by atoms with Crippen molar-refractivity contribution in [1.29, 1.82) is 0 Å². The molecule has 4 nitrogen and oxygen atoms in total. The van der Waals surface area contributed by atoms with Crippen LogP contribution in [-0.4, -0.2) is 35.9 Å². The maximum absolute atomic E-state index is 13.0. The highest BCUT2D eigenvalue weighted by Gasteiger charge is 2.51. The lowest BCUT2D eigenvalue weighted by molar-refractivity contribution is -0.153. The predicted octanol–water partition coefficient (Wildman–Crippen LogP) is 4.07. The van der Waals surface area contributed by atoms with Gasteiger partial charge in [0.2, 0.25) is 5.91 Å². The van der Waals surface area contributed by atoms with Crippen LogP contribution in [0.1, 0.15) is 45.4 Å². The van der Waals surface area contributed by atoms with Crippen LogP contribution in [0.15, 0.2) is 24.3 Å². The second-order valence-electron chi connectivity index (χ2n) is 7.46. The van der Waals surface area contributed by atoms with Crippen LogP contribution < -0.4 is 9.64 Å². The number of ether oxygens (including phenoxy) is 1. The average Bonchev–Trinajstić information content (AvgIpc) is 2.93. The van der Waals surface area contributed by atoms with Gasteiger partial charge in [0.05, 0.1) is 11.0 Å². The first-order valence-electron chi connectivity index (χ1n) is 9.00. The zero-order valence-electron chi connectivity index (χ0n) is 14.8. The summed E-state index contributed by atoms with van der Waals surface area (Å²) in [6.07, 6.45) is -0.310. The summed E-state index contributed by atoms with van der Waals surface area (Å²) in [5.41, 5.74) is -0.397. The van der Waals surface area contributed by atoms with Gasteiger partial charge >= 0.3 is 6.18 Å². The van der Waals surface area contributed by atoms with Gasteiger partial charge in [-0.25, -0.2) is 0 Å². The fourth-order valence-corrected chi connectivity index (χ4v) is 3.97. The Kier molecular flexibility index (Phi) is 4.94. The quantitative estimate of drug-likeness (QED) is 0.868. The molecule has 0 unspecified atom stereocenters. The van der Waals surface area contributed by atoms with E-state index in [0.29, 0.717) is 44.3 Å². The van der Waals surface area contributed by atoms with Crippen molar-refractivity contribution >= 4 is 11.6 Å². The number of alkyl halides is 3. The number of carbonyl (C=O) groups is 1. The SMILES string of the molecule is CC[C@]1(O)CC[C@]2(CCN(c3ccc(OCC(F)(F)F)cc3)C2=O)CC1. The van der Waals surface area contributed by atoms with E-state index in [1.807, 2.05) is 6.92 Å². The molecule has 2 fully saturated rings. The molecule has 0 radical (unpaired) electrons. The van der Waals surface area contributed by atoms with Crippen LogP contribution in [-0.2, 0) is 4.79 Å². The molecule has 1 saturated heterocycles. The van der Waals surface area contributed by atoms with Gasteiger partial charge in [0.15, 0.2) is 6.61 Å². The Morgan fingerprint density at radius 3 is 2.27 bits per heavy atom. The molecule has 7 heteroatoms. The van der Waals surface area contributed by atoms with Crippen LogP contribution in [0.2, 0.25) is 0 Å². The molecule has 1 aliphatic heterocycles. The van der Waals surface area contributed by atoms with E-state index in [0.717, 1.165) is 6.42 Å². The third-order valence-electron chi connectivity index (χ3n) is 5.86. The first kappa shape index (κ1) is 19.0. The summed E-state index contributed by atoms with van der Waals surface area (Å²) < 4.78 is 41.3. The Morgan fingerprint density at radius 1 is 1.12 bits per heavy atom. The number of hydrogen-bond donors (Lipinski definition) is 1. The Morgan fingerprint density at radius 2 is 1.73 bits per heavy atom. The molecule has 2 aliphatic rings. The summed E-state index contributed by atoms with van der Waals surface area (Å²) in [6, 6.07) is 6.15. The summed E-state index contributed by atoms with van der Waals surface area (Å²) in [6.45, 7) is 1.22. The molecule has 3 rings (SSSR count). The third kappa shape index (κ3) is 3.82. The molecular weight excluding hydrogens is 347 g/mol. The van der Waals surface area contributed by atoms with Gasteiger partial charge in [-0.15, -0.1) is 0 Å². The summed E-state index contributed by atoms with van der Waals surface area (Å²) >= 11 is 0. The minimum absolute atomic E-state index is 0.0552. The van der Waals surface area contributed by atoms with Gasteiger partial charge in [-0.05, 0) is 62.8 Å². The molecule has 1 aromatic rings. The molecule has 0 aromatic heterocycles. The Balaban J connectivity index is 1.65. The lowest BCUT2D eigenvalue weighted by atomic mass is 9.67. The van der Waals surface area contributed by atoms with Crippen LogP contribution in [0.25, 0.3) is 0 Å². The van der Waals surface area contributed by atoms with Crippen molar-refractivity contribution in [2.45, 2.75) is 57.2 Å². The maximum atomic E-state index is 13.0. The Hall–Kier alpha value is -1.76. The number of amides is 1. The Labute approximate surface area is 150 Å². The molecule has 1 aromatic carbocycles. The monoisotopic (exact) mass is 371 g/mol. The molecule has 1 aliphatic carbocycles. The second-order valence-corrected chi connectivity index (χ2v) is 7.46. The standard InChI is InChI=1S/C19H24F3NO3/c1-2-18(25)9-7-17(8-10-18)11-12-23(16(17)24)14-3-5-15(6-4-14)26-13-19(20,21)22/h3-6,25H,2,7-13H2,1H3/t17-,18+. The van der Waals surface area contributed by atoms with E-state index in [4.69, 9.17) is 4.74 Å². The number of halogens is 3. The van der Waals surface area contributed by atoms with Crippen molar-refractivity contribution in [3.63, 3.8) is 0 Å². The maximum Gasteiger partial charge on any atom is 0.422 e. The van der Waals surface area contributed by atoms with Crippen LogP contribution in [0.4, 0.5) is 18.9 Å². The molecule has 1 saturated carbocycles. The van der Waals surface area contributed by atoms with E-state index >= 15 is 0 Å². The van der Waals surface area contributed by atoms with E-state index in [1.54, 1.807) is 17.0 Å². The highest BCUT2D eigenvalue weighted by Crippen LogP contribution is 2.49. The first-order chi connectivity index (χ1) is 12.2. The number of carbonyl (C=O) groups excluding carboxylic acids is 1. The topological polar surface area (TPSA) is 49.8 Å². The van der Waals surface area contributed by atoms with Gasteiger partial charge in [0.25, 0.3) is 0 Å². The molecule has 0 atom stereocenters.